The molecule has 58 valence electrons. The minimum absolute atomic E-state index is 0.895. The van der Waals surface area contributed by atoms with Crippen LogP contribution in [0.1, 0.15) is 46.0 Å². The molecule has 1 aliphatic carbocycles. The second-order valence-corrected chi connectivity index (χ2v) is 3.36. The van der Waals surface area contributed by atoms with Crippen molar-refractivity contribution in [1.82, 2.24) is 0 Å². The maximum absolute atomic E-state index is 2.44. The summed E-state index contributed by atoms with van der Waals surface area (Å²) in [6.45, 7) is 4.62. The standard InChI is InChI=1S/C10H18/c1-3-4-7-10-8-5-6-9(10)2/h8-9H,3-7H2,1-2H3. The molecule has 0 bridgehead atoms. The Morgan fingerprint density at radius 1 is 1.60 bits per heavy atom. The van der Waals surface area contributed by atoms with Gasteiger partial charge >= 0.3 is 0 Å². The molecule has 0 aromatic rings. The van der Waals surface area contributed by atoms with Gasteiger partial charge in [0.05, 0.1) is 0 Å². The highest BCUT2D eigenvalue weighted by atomic mass is 14.2. The fourth-order valence-corrected chi connectivity index (χ4v) is 1.63. The van der Waals surface area contributed by atoms with Crippen LogP contribution in [0, 0.1) is 5.92 Å². The third kappa shape index (κ3) is 1.86. The maximum atomic E-state index is 2.44. The summed E-state index contributed by atoms with van der Waals surface area (Å²) in [4.78, 5) is 0. The Morgan fingerprint density at radius 3 is 2.90 bits per heavy atom. The summed E-state index contributed by atoms with van der Waals surface area (Å²) >= 11 is 0. The topological polar surface area (TPSA) is 0 Å². The van der Waals surface area contributed by atoms with Crippen LogP contribution in [0.2, 0.25) is 0 Å². The van der Waals surface area contributed by atoms with Crippen molar-refractivity contribution in [2.75, 3.05) is 0 Å². The molecule has 1 atom stereocenters. The Bertz CT molecular complexity index is 122. The fourth-order valence-electron chi connectivity index (χ4n) is 1.63. The Hall–Kier alpha value is -0.260. The van der Waals surface area contributed by atoms with E-state index in [0.717, 1.165) is 5.92 Å². The summed E-state index contributed by atoms with van der Waals surface area (Å²) in [7, 11) is 0. The van der Waals surface area contributed by atoms with Crippen molar-refractivity contribution in [3.63, 3.8) is 0 Å². The van der Waals surface area contributed by atoms with E-state index in [2.05, 4.69) is 19.9 Å². The van der Waals surface area contributed by atoms with Gasteiger partial charge in [0.25, 0.3) is 0 Å². The van der Waals surface area contributed by atoms with Crippen LogP contribution in [0.5, 0.6) is 0 Å². The summed E-state index contributed by atoms with van der Waals surface area (Å²) in [5.74, 6) is 0.895. The van der Waals surface area contributed by atoms with Crippen LogP contribution in [-0.2, 0) is 0 Å². The third-order valence-corrected chi connectivity index (χ3v) is 2.46. The number of allylic oxidation sites excluding steroid dienone is 2. The first-order valence-electron chi connectivity index (χ1n) is 4.53. The van der Waals surface area contributed by atoms with Gasteiger partial charge in [0.15, 0.2) is 0 Å². The van der Waals surface area contributed by atoms with E-state index in [9.17, 15) is 0 Å². The first-order chi connectivity index (χ1) is 4.84. The van der Waals surface area contributed by atoms with Gasteiger partial charge in [-0.1, -0.05) is 31.9 Å². The van der Waals surface area contributed by atoms with Gasteiger partial charge in [0, 0.05) is 0 Å². The summed E-state index contributed by atoms with van der Waals surface area (Å²) in [5, 5.41) is 0. The van der Waals surface area contributed by atoms with Crippen LogP contribution in [0.25, 0.3) is 0 Å². The van der Waals surface area contributed by atoms with Gasteiger partial charge in [-0.2, -0.15) is 0 Å². The van der Waals surface area contributed by atoms with Gasteiger partial charge in [-0.3, -0.25) is 0 Å². The first-order valence-corrected chi connectivity index (χ1v) is 4.53. The van der Waals surface area contributed by atoms with Gasteiger partial charge in [0.1, 0.15) is 0 Å². The first kappa shape index (κ1) is 7.84. The molecule has 0 fully saturated rings. The molecule has 1 aliphatic rings. The minimum Gasteiger partial charge on any atom is -0.0850 e. The van der Waals surface area contributed by atoms with Crippen LogP contribution in [-0.4, -0.2) is 0 Å². The zero-order valence-electron chi connectivity index (χ0n) is 7.19. The zero-order valence-corrected chi connectivity index (χ0v) is 7.19. The van der Waals surface area contributed by atoms with Crippen molar-refractivity contribution in [3.05, 3.63) is 11.6 Å². The van der Waals surface area contributed by atoms with Crippen LogP contribution < -0.4 is 0 Å². The molecule has 0 heterocycles. The van der Waals surface area contributed by atoms with Gasteiger partial charge in [-0.05, 0) is 31.6 Å². The molecule has 0 heteroatoms. The Balaban J connectivity index is 2.26. The molecular weight excluding hydrogens is 120 g/mol. The normalized spacial score (nSPS) is 25.0. The smallest absolute Gasteiger partial charge is 0.0229 e. The van der Waals surface area contributed by atoms with Crippen molar-refractivity contribution in [2.45, 2.75) is 46.0 Å². The number of hydrogen-bond acceptors (Lipinski definition) is 0. The lowest BCUT2D eigenvalue weighted by atomic mass is 9.99. The van der Waals surface area contributed by atoms with Crippen molar-refractivity contribution in [3.8, 4) is 0 Å². The molecule has 0 aliphatic heterocycles. The number of hydrogen-bond donors (Lipinski definition) is 0. The average molecular weight is 138 g/mol. The predicted octanol–water partition coefficient (Wildman–Crippen LogP) is 3.53. The number of unbranched alkanes of at least 4 members (excludes halogenated alkanes) is 1. The molecule has 0 N–H and O–H groups in total. The maximum Gasteiger partial charge on any atom is -0.0229 e. The molecule has 10 heavy (non-hydrogen) atoms. The zero-order chi connectivity index (χ0) is 7.40. The quantitative estimate of drug-likeness (QED) is 0.523. The molecule has 0 amide bonds. The van der Waals surface area contributed by atoms with E-state index in [1.54, 1.807) is 5.57 Å². The minimum atomic E-state index is 0.895. The fraction of sp³-hybridized carbons (Fsp3) is 0.800. The van der Waals surface area contributed by atoms with E-state index in [0.29, 0.717) is 0 Å². The van der Waals surface area contributed by atoms with Gasteiger partial charge < -0.3 is 0 Å². The van der Waals surface area contributed by atoms with Crippen molar-refractivity contribution >= 4 is 0 Å². The molecule has 1 unspecified atom stereocenters. The number of rotatable bonds is 3. The Labute approximate surface area is 64.3 Å². The largest absolute Gasteiger partial charge is 0.0850 e. The van der Waals surface area contributed by atoms with Crippen molar-refractivity contribution in [2.24, 2.45) is 5.92 Å². The molecule has 0 aromatic carbocycles. The van der Waals surface area contributed by atoms with Crippen LogP contribution in [0.3, 0.4) is 0 Å². The van der Waals surface area contributed by atoms with E-state index < -0.39 is 0 Å². The molecule has 1 rings (SSSR count). The highest BCUT2D eigenvalue weighted by molar-refractivity contribution is 5.11. The highest BCUT2D eigenvalue weighted by Gasteiger charge is 2.12. The van der Waals surface area contributed by atoms with Crippen LogP contribution in [0.4, 0.5) is 0 Å². The lowest BCUT2D eigenvalue weighted by Crippen LogP contribution is -1.91. The third-order valence-electron chi connectivity index (χ3n) is 2.46. The average Bonchev–Trinajstić information content (AvgIpc) is 2.31. The van der Waals surface area contributed by atoms with E-state index in [-0.39, 0.29) is 0 Å². The Kier molecular flexibility index (Phi) is 2.98. The highest BCUT2D eigenvalue weighted by Crippen LogP contribution is 2.28. The van der Waals surface area contributed by atoms with E-state index >= 15 is 0 Å². The summed E-state index contributed by atoms with van der Waals surface area (Å²) in [6, 6.07) is 0. The molecule has 0 nitrogen and oxygen atoms in total. The van der Waals surface area contributed by atoms with E-state index in [1.807, 2.05) is 0 Å². The second-order valence-electron chi connectivity index (χ2n) is 3.36. The molecule has 0 aromatic heterocycles. The summed E-state index contributed by atoms with van der Waals surface area (Å²) in [6.07, 6.45) is 9.26. The summed E-state index contributed by atoms with van der Waals surface area (Å²) < 4.78 is 0. The lowest BCUT2D eigenvalue weighted by Gasteiger charge is -2.06. The van der Waals surface area contributed by atoms with Crippen LogP contribution in [0.15, 0.2) is 11.6 Å². The van der Waals surface area contributed by atoms with Gasteiger partial charge in [0.2, 0.25) is 0 Å². The van der Waals surface area contributed by atoms with Gasteiger partial charge in [-0.25, -0.2) is 0 Å². The summed E-state index contributed by atoms with van der Waals surface area (Å²) in [5.41, 5.74) is 1.72. The van der Waals surface area contributed by atoms with E-state index in [4.69, 9.17) is 0 Å². The Morgan fingerprint density at radius 2 is 2.40 bits per heavy atom. The molecule has 0 saturated carbocycles. The molecular formula is C10H18. The van der Waals surface area contributed by atoms with Crippen LogP contribution >= 0.6 is 0 Å². The molecule has 0 saturated heterocycles. The van der Waals surface area contributed by atoms with Crippen molar-refractivity contribution < 1.29 is 0 Å². The second kappa shape index (κ2) is 3.80. The SMILES string of the molecule is CCCCC1=CCCC1C. The molecule has 0 spiro atoms. The van der Waals surface area contributed by atoms with E-state index in [1.165, 1.54) is 32.1 Å². The van der Waals surface area contributed by atoms with Crippen molar-refractivity contribution in [1.29, 1.82) is 0 Å². The van der Waals surface area contributed by atoms with Gasteiger partial charge in [-0.15, -0.1) is 0 Å². The molecule has 0 radical (unpaired) electrons. The predicted molar refractivity (Wildman–Crippen MR) is 46.0 cm³/mol. The lowest BCUT2D eigenvalue weighted by molar-refractivity contribution is 0.626. The monoisotopic (exact) mass is 138 g/mol.